The predicted molar refractivity (Wildman–Crippen MR) is 111 cm³/mol. The molecule has 0 aromatic carbocycles. The monoisotopic (exact) mass is 425 g/mol. The van der Waals surface area contributed by atoms with Crippen molar-refractivity contribution in [2.24, 2.45) is 0 Å². The zero-order chi connectivity index (χ0) is 21.1. The molecule has 2 aliphatic heterocycles. The van der Waals surface area contributed by atoms with Crippen LogP contribution in [0.25, 0.3) is 0 Å². The summed E-state index contributed by atoms with van der Waals surface area (Å²) in [5.41, 5.74) is 0. The number of carbonyl (C=O) groups excluding carboxylic acids is 2. The summed E-state index contributed by atoms with van der Waals surface area (Å²) in [6, 6.07) is 0.459. The molecule has 2 aliphatic rings. The Labute approximate surface area is 173 Å². The van der Waals surface area contributed by atoms with Gasteiger partial charge in [0.2, 0.25) is 11.8 Å². The number of likely N-dealkylation sites (N-methyl/N-ethyl adjacent to an activating group) is 1. The molecule has 2 heterocycles. The van der Waals surface area contributed by atoms with Crippen molar-refractivity contribution in [3.05, 3.63) is 0 Å². The first-order chi connectivity index (χ1) is 13.9. The maximum Gasteiger partial charge on any atom is 0.303 e. The van der Waals surface area contributed by atoms with Crippen molar-refractivity contribution in [1.29, 1.82) is 0 Å². The summed E-state index contributed by atoms with van der Waals surface area (Å²) in [4.78, 5) is 41.5. The summed E-state index contributed by atoms with van der Waals surface area (Å²) in [6.45, 7) is 7.74. The van der Waals surface area contributed by atoms with Crippen LogP contribution in [0.15, 0.2) is 0 Å². The van der Waals surface area contributed by atoms with Crippen molar-refractivity contribution in [1.82, 2.24) is 25.3 Å². The van der Waals surface area contributed by atoms with Gasteiger partial charge < -0.3 is 20.6 Å². The molecule has 0 radical (unpaired) electrons. The summed E-state index contributed by atoms with van der Waals surface area (Å²) < 4.78 is 0. The fourth-order valence-electron chi connectivity index (χ4n) is 3.91. The SMILES string of the molecule is C[15N]1[13CH2][13CH2][15N]([13CH2][13CH]2[13CH2][13CH2][13CH2][15N]2[13CH2]C(=O)NCC[13CH2]C(=O)NCCCC(=O)O)[13CH2][13CH2]1. The van der Waals surface area contributed by atoms with E-state index in [0.29, 0.717) is 44.9 Å². The molecule has 9 heteroatoms. The Morgan fingerprint density at radius 1 is 0.931 bits per heavy atom. The zero-order valence-corrected chi connectivity index (χ0v) is 17.7. The van der Waals surface area contributed by atoms with Gasteiger partial charge in [-0.15, -0.1) is 0 Å². The number of amides is 2. The normalized spacial score (nSPS) is 21.2. The molecule has 0 bridgehead atoms. The molecule has 166 valence electrons. The van der Waals surface area contributed by atoms with Crippen LogP contribution < -0.4 is 10.6 Å². The van der Waals surface area contributed by atoms with Gasteiger partial charge in [-0.1, -0.05) is 0 Å². The Kier molecular flexibility index (Phi) is 10.4. The Morgan fingerprint density at radius 3 is 2.28 bits per heavy atom. The van der Waals surface area contributed by atoms with Crippen molar-refractivity contribution < 1.29 is 19.5 Å². The number of carboxylic acids is 1. The fourth-order valence-corrected chi connectivity index (χ4v) is 3.91. The van der Waals surface area contributed by atoms with E-state index in [1.807, 2.05) is 0 Å². The number of likely N-dealkylation sites (tertiary alicyclic amines) is 1. The van der Waals surface area contributed by atoms with Gasteiger partial charge in [0.25, 0.3) is 0 Å². The molecule has 0 aromatic heterocycles. The minimum absolute atomic E-state index is 0.0251. The van der Waals surface area contributed by atoms with Gasteiger partial charge in [0.05, 0.1) is 6.54 Å². The number of hydrogen-bond acceptors (Lipinski definition) is 6. The summed E-state index contributed by atoms with van der Waals surface area (Å²) in [7, 11) is 2.16. The van der Waals surface area contributed by atoms with Crippen molar-refractivity contribution in [3.8, 4) is 0 Å². The number of rotatable bonds is 12. The Morgan fingerprint density at radius 2 is 1.59 bits per heavy atom. The number of aliphatic carboxylic acids is 1. The van der Waals surface area contributed by atoms with Crippen LogP contribution in [-0.2, 0) is 14.4 Å². The molecule has 0 aromatic rings. The van der Waals surface area contributed by atoms with Gasteiger partial charge in [-0.2, -0.15) is 0 Å². The second-order valence-electron chi connectivity index (χ2n) is 8.17. The van der Waals surface area contributed by atoms with Crippen LogP contribution in [0.5, 0.6) is 0 Å². The number of carbonyl (C=O) groups is 3. The molecule has 0 aliphatic carbocycles. The molecule has 2 amide bonds. The van der Waals surface area contributed by atoms with E-state index < -0.39 is 5.97 Å². The highest BCUT2D eigenvalue weighted by Gasteiger charge is 2.28. The highest BCUT2D eigenvalue weighted by atomic mass is 16.4. The van der Waals surface area contributed by atoms with Gasteiger partial charge in [-0.25, -0.2) is 0 Å². The van der Waals surface area contributed by atoms with Crippen molar-refractivity contribution in [2.45, 2.75) is 44.6 Å². The summed E-state index contributed by atoms with van der Waals surface area (Å²) in [6.07, 6.45) is 3.71. The maximum absolute atomic E-state index is 12.3. The highest BCUT2D eigenvalue weighted by molar-refractivity contribution is 5.78. The average Bonchev–Trinajstić information content (AvgIpc) is 3.10. The molecular weight excluding hydrogens is 388 g/mol. The van der Waals surface area contributed by atoms with E-state index in [2.05, 4.69) is 32.4 Å². The first-order valence-corrected chi connectivity index (χ1v) is 10.8. The lowest BCUT2D eigenvalue weighted by atomic mass is 10.3. The first kappa shape index (κ1) is 23.6. The summed E-state index contributed by atoms with van der Waals surface area (Å²) in [5.74, 6) is -0.931. The maximum atomic E-state index is 12.3. The Bertz CT molecular complexity index is 537. The molecule has 1 unspecified atom stereocenters. The number of piperazine rings is 1. The third-order valence-electron chi connectivity index (χ3n) is 5.70. The van der Waals surface area contributed by atoms with Crippen LogP contribution >= 0.6 is 0 Å². The van der Waals surface area contributed by atoms with Gasteiger partial charge >= 0.3 is 5.97 Å². The topological polar surface area (TPSA) is 105 Å². The molecule has 2 rings (SSSR count). The second kappa shape index (κ2) is 12.8. The van der Waals surface area contributed by atoms with Gasteiger partial charge in [0.15, 0.2) is 0 Å². The third-order valence-corrected chi connectivity index (χ3v) is 5.70. The molecule has 0 spiro atoms. The van der Waals surface area contributed by atoms with Crippen LogP contribution in [0.4, 0.5) is 0 Å². The lowest BCUT2D eigenvalue weighted by Crippen LogP contribution is -2.50. The van der Waals surface area contributed by atoms with Crippen LogP contribution in [-0.4, -0.2) is 110 Å². The number of carboxylic acid groups (broad SMARTS) is 1. The summed E-state index contributed by atoms with van der Waals surface area (Å²) >= 11 is 0. The van der Waals surface area contributed by atoms with E-state index in [1.54, 1.807) is 0 Å². The lowest BCUT2D eigenvalue weighted by Gasteiger charge is -2.36. The standard InChI is InChI=1S/C20H37N5O4/c1-23-11-13-24(14-12-23)15-17-5-4-10-25(17)16-19(27)22-8-2-6-18(26)21-9-3-7-20(28)29/h17H,2-16H2,1H3,(H,21,26)(H,22,27)(H,28,29)/i4+1,5+1,6+1,10+1,11+1,12+1,13+1,14+1,15+1,16+1,17+1,23+1,24+1,25+1. The fraction of sp³-hybridized carbons (Fsp3) is 0.850. The predicted octanol–water partition coefficient (Wildman–Crippen LogP) is -0.424. The first-order valence-electron chi connectivity index (χ1n) is 10.8. The van der Waals surface area contributed by atoms with Crippen molar-refractivity contribution >= 4 is 17.8 Å². The zero-order valence-electron chi connectivity index (χ0n) is 17.7. The van der Waals surface area contributed by atoms with Gasteiger partial charge in [0.1, 0.15) is 0 Å². The number of nitrogens with one attached hydrogen (secondary N) is 2. The van der Waals surface area contributed by atoms with E-state index in [0.717, 1.165) is 52.1 Å². The minimum Gasteiger partial charge on any atom is -0.481 e. The van der Waals surface area contributed by atoms with E-state index in [-0.39, 0.29) is 18.2 Å². The van der Waals surface area contributed by atoms with Crippen molar-refractivity contribution in [2.75, 3.05) is 66.0 Å². The molecule has 2 saturated heterocycles. The molecule has 29 heavy (non-hydrogen) atoms. The quantitative estimate of drug-likeness (QED) is 0.222. The molecule has 1 atom stereocenters. The smallest absolute Gasteiger partial charge is 0.303 e. The van der Waals surface area contributed by atoms with Gasteiger partial charge in [-0.3, -0.25) is 24.2 Å². The highest BCUT2D eigenvalue weighted by Crippen LogP contribution is 2.18. The van der Waals surface area contributed by atoms with E-state index in [1.165, 1.54) is 0 Å². The minimum atomic E-state index is -0.856. The second-order valence-corrected chi connectivity index (χ2v) is 8.17. The van der Waals surface area contributed by atoms with E-state index >= 15 is 0 Å². The molecular formula is C20H37N5O4. The molecule has 2 fully saturated rings. The molecule has 0 saturated carbocycles. The van der Waals surface area contributed by atoms with Crippen LogP contribution in [0.3, 0.4) is 0 Å². The van der Waals surface area contributed by atoms with Crippen LogP contribution in [0.2, 0.25) is 0 Å². The van der Waals surface area contributed by atoms with Gasteiger partial charge in [0, 0.05) is 64.7 Å². The average molecular weight is 425 g/mol. The lowest BCUT2D eigenvalue weighted by molar-refractivity contribution is -0.137. The number of hydrogen-bond donors (Lipinski definition) is 3. The summed E-state index contributed by atoms with van der Waals surface area (Å²) in [5, 5.41) is 14.2. The van der Waals surface area contributed by atoms with Crippen molar-refractivity contribution in [3.63, 3.8) is 0 Å². The number of nitrogens with zero attached hydrogens (tertiary/aromatic N) is 3. The molecule has 9 nitrogen and oxygen atoms in total. The van der Waals surface area contributed by atoms with Crippen LogP contribution in [0.1, 0.15) is 38.5 Å². The third kappa shape index (κ3) is 9.56. The van der Waals surface area contributed by atoms with Crippen LogP contribution in [0, 0.1) is 0 Å². The molecule has 3 N–H and O–H groups in total. The largest absolute Gasteiger partial charge is 0.481 e. The van der Waals surface area contributed by atoms with E-state index in [4.69, 9.17) is 5.11 Å². The Hall–Kier alpha value is -1.71. The Balaban J connectivity index is 1.55. The van der Waals surface area contributed by atoms with E-state index in [9.17, 15) is 14.4 Å². The van der Waals surface area contributed by atoms with Gasteiger partial charge in [-0.05, 0) is 39.3 Å².